The van der Waals surface area contributed by atoms with Gasteiger partial charge < -0.3 is 4.74 Å². The largest absolute Gasteiger partial charge is 0.457 e. The zero-order valence-electron chi connectivity index (χ0n) is 14.4. The summed E-state index contributed by atoms with van der Waals surface area (Å²) in [6.45, 7) is 3.11. The number of hydrogen-bond acceptors (Lipinski definition) is 6. The number of aryl methyl sites for hydroxylation is 2. The van der Waals surface area contributed by atoms with Crippen LogP contribution in [-0.4, -0.2) is 25.9 Å². The summed E-state index contributed by atoms with van der Waals surface area (Å²) in [6.07, 6.45) is 0. The van der Waals surface area contributed by atoms with Crippen LogP contribution in [0.25, 0.3) is 10.2 Å². The van der Waals surface area contributed by atoms with Crippen LogP contribution >= 0.6 is 11.3 Å². The van der Waals surface area contributed by atoms with Crippen molar-refractivity contribution in [1.29, 1.82) is 0 Å². The number of rotatable bonds is 6. The van der Waals surface area contributed by atoms with E-state index in [0.717, 1.165) is 15.8 Å². The van der Waals surface area contributed by atoms with Crippen molar-refractivity contribution in [2.24, 2.45) is 0 Å². The second-order valence-electron chi connectivity index (χ2n) is 5.83. The van der Waals surface area contributed by atoms with Gasteiger partial charge in [-0.2, -0.15) is 4.72 Å². The van der Waals surface area contributed by atoms with Crippen LogP contribution in [0.15, 0.2) is 47.4 Å². The van der Waals surface area contributed by atoms with Crippen molar-refractivity contribution in [1.82, 2.24) is 9.71 Å². The van der Waals surface area contributed by atoms with Crippen LogP contribution in [0, 0.1) is 13.8 Å². The first-order valence-corrected chi connectivity index (χ1v) is 10.2. The number of nitrogens with zero attached hydrogens (tertiary/aromatic N) is 1. The van der Waals surface area contributed by atoms with Crippen molar-refractivity contribution < 1.29 is 17.9 Å². The third kappa shape index (κ3) is 4.27. The Morgan fingerprint density at radius 3 is 2.73 bits per heavy atom. The molecular formula is C18H18N2O4S2. The maximum absolute atomic E-state index is 12.4. The smallest absolute Gasteiger partial charge is 0.321 e. The minimum Gasteiger partial charge on any atom is -0.457 e. The molecule has 0 aliphatic rings. The van der Waals surface area contributed by atoms with Crippen molar-refractivity contribution in [3.8, 4) is 0 Å². The number of aromatic nitrogens is 1. The molecule has 0 aliphatic carbocycles. The van der Waals surface area contributed by atoms with E-state index in [1.54, 1.807) is 19.1 Å². The van der Waals surface area contributed by atoms with Gasteiger partial charge in [-0.3, -0.25) is 4.79 Å². The Balaban J connectivity index is 1.58. The molecule has 136 valence electrons. The molecule has 0 saturated carbocycles. The van der Waals surface area contributed by atoms with Crippen LogP contribution in [0.5, 0.6) is 0 Å². The number of benzene rings is 2. The standard InChI is InChI=1S/C18H18N2O4S2/c1-12-7-8-13(2)16(9-12)26(22,23)19-10-18(21)24-11-17-20-14-5-3-4-6-15(14)25-17/h3-9,19H,10-11H2,1-2H3. The number of fused-ring (bicyclic) bond motifs is 1. The Labute approximate surface area is 155 Å². The van der Waals surface area contributed by atoms with E-state index in [9.17, 15) is 13.2 Å². The highest BCUT2D eigenvalue weighted by atomic mass is 32.2. The minimum atomic E-state index is -3.78. The lowest BCUT2D eigenvalue weighted by Gasteiger charge is -2.10. The number of thiazole rings is 1. The van der Waals surface area contributed by atoms with Crippen molar-refractivity contribution in [3.63, 3.8) is 0 Å². The predicted octanol–water partition coefficient (Wildman–Crippen LogP) is 2.93. The molecule has 8 heteroatoms. The molecule has 0 amide bonds. The van der Waals surface area contributed by atoms with Gasteiger partial charge in [0.2, 0.25) is 10.0 Å². The molecule has 6 nitrogen and oxygen atoms in total. The zero-order valence-corrected chi connectivity index (χ0v) is 16.0. The number of carbonyl (C=O) groups is 1. The van der Waals surface area contributed by atoms with Gasteiger partial charge in [0.25, 0.3) is 0 Å². The normalized spacial score (nSPS) is 11.6. The van der Waals surface area contributed by atoms with Crippen LogP contribution in [-0.2, 0) is 26.2 Å². The molecule has 0 spiro atoms. The highest BCUT2D eigenvalue weighted by Gasteiger charge is 2.18. The van der Waals surface area contributed by atoms with Crippen molar-refractivity contribution in [3.05, 3.63) is 58.6 Å². The average molecular weight is 390 g/mol. The molecule has 0 fully saturated rings. The molecule has 1 N–H and O–H groups in total. The van der Waals surface area contributed by atoms with E-state index in [4.69, 9.17) is 4.74 Å². The Morgan fingerprint density at radius 2 is 1.96 bits per heavy atom. The van der Waals surface area contributed by atoms with Gasteiger partial charge in [-0.05, 0) is 43.2 Å². The van der Waals surface area contributed by atoms with Gasteiger partial charge in [-0.1, -0.05) is 24.3 Å². The Kier molecular flexibility index (Phi) is 5.36. The topological polar surface area (TPSA) is 85.4 Å². The van der Waals surface area contributed by atoms with Crippen LogP contribution in [0.3, 0.4) is 0 Å². The number of esters is 1. The van der Waals surface area contributed by atoms with Gasteiger partial charge in [-0.25, -0.2) is 13.4 Å². The highest BCUT2D eigenvalue weighted by Crippen LogP contribution is 2.22. The molecule has 1 aromatic heterocycles. The molecule has 1 heterocycles. The number of carbonyl (C=O) groups excluding carboxylic acids is 1. The number of nitrogens with one attached hydrogen (secondary N) is 1. The molecule has 0 bridgehead atoms. The molecule has 0 saturated heterocycles. The van der Waals surface area contributed by atoms with Crippen LogP contribution in [0.1, 0.15) is 16.1 Å². The predicted molar refractivity (Wildman–Crippen MR) is 101 cm³/mol. The molecule has 0 unspecified atom stereocenters. The van der Waals surface area contributed by atoms with Crippen molar-refractivity contribution in [2.75, 3.05) is 6.54 Å². The van der Waals surface area contributed by atoms with Gasteiger partial charge in [0.05, 0.1) is 15.1 Å². The zero-order chi connectivity index (χ0) is 18.7. The van der Waals surface area contributed by atoms with E-state index in [1.807, 2.05) is 37.3 Å². The summed E-state index contributed by atoms with van der Waals surface area (Å²) >= 11 is 1.44. The second kappa shape index (κ2) is 7.53. The van der Waals surface area contributed by atoms with Gasteiger partial charge in [0, 0.05) is 0 Å². The number of sulfonamides is 1. The van der Waals surface area contributed by atoms with E-state index >= 15 is 0 Å². The molecule has 3 aromatic rings. The van der Waals surface area contributed by atoms with E-state index in [1.165, 1.54) is 11.3 Å². The third-order valence-electron chi connectivity index (χ3n) is 3.73. The molecular weight excluding hydrogens is 372 g/mol. The summed E-state index contributed by atoms with van der Waals surface area (Å²) in [4.78, 5) is 16.4. The van der Waals surface area contributed by atoms with Gasteiger partial charge >= 0.3 is 5.97 Å². The number of hydrogen-bond donors (Lipinski definition) is 1. The van der Waals surface area contributed by atoms with Crippen molar-refractivity contribution in [2.45, 2.75) is 25.3 Å². The summed E-state index contributed by atoms with van der Waals surface area (Å²) in [5.41, 5.74) is 2.29. The highest BCUT2D eigenvalue weighted by molar-refractivity contribution is 7.89. The first kappa shape index (κ1) is 18.5. The molecule has 0 atom stereocenters. The Morgan fingerprint density at radius 1 is 1.19 bits per heavy atom. The quantitative estimate of drug-likeness (QED) is 0.654. The fourth-order valence-corrected chi connectivity index (χ4v) is 4.58. The monoisotopic (exact) mass is 390 g/mol. The van der Waals surface area contributed by atoms with Gasteiger partial charge in [-0.15, -0.1) is 11.3 Å². The number of ether oxygens (including phenoxy) is 1. The SMILES string of the molecule is Cc1ccc(C)c(S(=O)(=O)NCC(=O)OCc2nc3ccccc3s2)c1. The molecule has 2 aromatic carbocycles. The summed E-state index contributed by atoms with van der Waals surface area (Å²) in [7, 11) is -3.78. The lowest BCUT2D eigenvalue weighted by Crippen LogP contribution is -2.31. The maximum atomic E-state index is 12.4. The van der Waals surface area contributed by atoms with Gasteiger partial charge in [0.1, 0.15) is 18.2 Å². The summed E-state index contributed by atoms with van der Waals surface area (Å²) in [5.74, 6) is -0.655. The van der Waals surface area contributed by atoms with E-state index < -0.39 is 22.5 Å². The van der Waals surface area contributed by atoms with Gasteiger partial charge in [0.15, 0.2) is 0 Å². The average Bonchev–Trinajstić information content (AvgIpc) is 3.03. The fraction of sp³-hybridized carbons (Fsp3) is 0.222. The Hall–Kier alpha value is -2.29. The molecule has 3 rings (SSSR count). The minimum absolute atomic E-state index is 0.0172. The molecule has 0 aliphatic heterocycles. The number of para-hydroxylation sites is 1. The first-order valence-electron chi connectivity index (χ1n) is 7.92. The van der Waals surface area contributed by atoms with E-state index in [-0.39, 0.29) is 11.5 Å². The van der Waals surface area contributed by atoms with Crippen LogP contribution in [0.2, 0.25) is 0 Å². The molecule has 0 radical (unpaired) electrons. The van der Waals surface area contributed by atoms with Crippen LogP contribution < -0.4 is 4.72 Å². The van der Waals surface area contributed by atoms with E-state index in [0.29, 0.717) is 10.6 Å². The molecule has 26 heavy (non-hydrogen) atoms. The lowest BCUT2D eigenvalue weighted by atomic mass is 10.2. The van der Waals surface area contributed by atoms with E-state index in [2.05, 4.69) is 9.71 Å². The fourth-order valence-electron chi connectivity index (χ4n) is 2.40. The summed E-state index contributed by atoms with van der Waals surface area (Å²) in [5, 5.41) is 0.664. The van der Waals surface area contributed by atoms with Crippen molar-refractivity contribution >= 4 is 37.5 Å². The Bertz CT molecular complexity index is 1020. The third-order valence-corrected chi connectivity index (χ3v) is 6.29. The summed E-state index contributed by atoms with van der Waals surface area (Å²) < 4.78 is 33.2. The van der Waals surface area contributed by atoms with Crippen LogP contribution in [0.4, 0.5) is 0 Å². The second-order valence-corrected chi connectivity index (χ2v) is 8.68. The first-order chi connectivity index (χ1) is 12.3. The lowest BCUT2D eigenvalue weighted by molar-refractivity contribution is -0.143. The maximum Gasteiger partial charge on any atom is 0.321 e. The summed E-state index contributed by atoms with van der Waals surface area (Å²) in [6, 6.07) is 12.8.